The summed E-state index contributed by atoms with van der Waals surface area (Å²) >= 11 is 0. The molecule has 4 nitrogen and oxygen atoms in total. The summed E-state index contributed by atoms with van der Waals surface area (Å²) in [4.78, 5) is 25.2. The fraction of sp³-hybridized carbons (Fsp3) is 0.579. The first-order chi connectivity index (χ1) is 11.1. The Morgan fingerprint density at radius 3 is 2.30 bits per heavy atom. The Hall–Kier alpha value is -1.84. The molecule has 0 radical (unpaired) electrons. The number of amides is 2. The summed E-state index contributed by atoms with van der Waals surface area (Å²) in [6.07, 6.45) is 7.03. The zero-order valence-electron chi connectivity index (χ0n) is 13.8. The Morgan fingerprint density at radius 2 is 1.70 bits per heavy atom. The van der Waals surface area contributed by atoms with E-state index in [1.54, 1.807) is 0 Å². The lowest BCUT2D eigenvalue weighted by atomic mass is 9.94. The molecule has 0 aliphatic heterocycles. The summed E-state index contributed by atoms with van der Waals surface area (Å²) in [7, 11) is 0. The highest BCUT2D eigenvalue weighted by atomic mass is 16.2. The molecule has 1 atom stereocenters. The smallest absolute Gasteiger partial charge is 0.236 e. The normalized spacial score (nSPS) is 21.3. The Morgan fingerprint density at radius 1 is 1.04 bits per heavy atom. The molecule has 1 unspecified atom stereocenters. The maximum atomic E-state index is 12.6. The van der Waals surface area contributed by atoms with Crippen LogP contribution < -0.4 is 10.6 Å². The van der Waals surface area contributed by atoms with Crippen LogP contribution in [-0.2, 0) is 9.59 Å². The number of carbonyl (C=O) groups excluding carboxylic acids is 2. The summed E-state index contributed by atoms with van der Waals surface area (Å²) in [5.41, 5.74) is 0.241. The topological polar surface area (TPSA) is 58.2 Å². The summed E-state index contributed by atoms with van der Waals surface area (Å²) < 4.78 is 0. The first kappa shape index (κ1) is 16.0. The van der Waals surface area contributed by atoms with Crippen molar-refractivity contribution in [2.75, 3.05) is 0 Å². The van der Waals surface area contributed by atoms with Gasteiger partial charge < -0.3 is 10.6 Å². The molecule has 4 heteroatoms. The molecule has 2 N–H and O–H groups in total. The minimum atomic E-state index is -0.819. The van der Waals surface area contributed by atoms with Crippen molar-refractivity contribution in [3.63, 3.8) is 0 Å². The largest absolute Gasteiger partial charge is 0.352 e. The Balaban J connectivity index is 1.58. The van der Waals surface area contributed by atoms with E-state index in [9.17, 15) is 9.59 Å². The fourth-order valence-electron chi connectivity index (χ4n) is 3.41. The van der Waals surface area contributed by atoms with Crippen molar-refractivity contribution in [2.24, 2.45) is 5.41 Å². The van der Waals surface area contributed by atoms with Crippen LogP contribution in [0.3, 0.4) is 0 Å². The Bertz CT molecular complexity index is 560. The molecule has 23 heavy (non-hydrogen) atoms. The van der Waals surface area contributed by atoms with Gasteiger partial charge in [0, 0.05) is 6.04 Å². The first-order valence-corrected chi connectivity index (χ1v) is 8.79. The zero-order valence-corrected chi connectivity index (χ0v) is 13.8. The van der Waals surface area contributed by atoms with Gasteiger partial charge in [-0.25, -0.2) is 0 Å². The molecule has 124 valence electrons. The average molecular weight is 314 g/mol. The molecule has 2 aliphatic rings. The lowest BCUT2D eigenvalue weighted by Gasteiger charge is -2.26. The van der Waals surface area contributed by atoms with Gasteiger partial charge in [-0.05, 0) is 38.2 Å². The van der Waals surface area contributed by atoms with Crippen LogP contribution in [0.2, 0.25) is 0 Å². The number of carbonyl (C=O) groups is 2. The van der Waals surface area contributed by atoms with E-state index >= 15 is 0 Å². The second kappa shape index (κ2) is 6.73. The standard InChI is InChI=1S/C19H26N2O2/c1-14(15-8-4-2-5-9-15)20-17(22)19(12-13-19)18(23)21-16-10-6-3-7-11-16/h2,4-5,8-9,14,16H,3,6-7,10-13H2,1H3,(H,20,22)(H,21,23). The van der Waals surface area contributed by atoms with Crippen LogP contribution in [0.1, 0.15) is 63.5 Å². The van der Waals surface area contributed by atoms with Crippen LogP contribution in [-0.4, -0.2) is 17.9 Å². The number of hydrogen-bond acceptors (Lipinski definition) is 2. The predicted molar refractivity (Wildman–Crippen MR) is 89.7 cm³/mol. The van der Waals surface area contributed by atoms with Crippen molar-refractivity contribution in [1.29, 1.82) is 0 Å². The first-order valence-electron chi connectivity index (χ1n) is 8.79. The van der Waals surface area contributed by atoms with Crippen LogP contribution in [0.4, 0.5) is 0 Å². The van der Waals surface area contributed by atoms with Crippen molar-refractivity contribution in [3.8, 4) is 0 Å². The fourth-order valence-corrected chi connectivity index (χ4v) is 3.41. The van der Waals surface area contributed by atoms with E-state index in [0.29, 0.717) is 12.8 Å². The lowest BCUT2D eigenvalue weighted by Crippen LogP contribution is -2.47. The van der Waals surface area contributed by atoms with Gasteiger partial charge in [-0.2, -0.15) is 0 Å². The van der Waals surface area contributed by atoms with Gasteiger partial charge >= 0.3 is 0 Å². The highest BCUT2D eigenvalue weighted by molar-refractivity contribution is 6.08. The molecule has 2 saturated carbocycles. The van der Waals surface area contributed by atoms with E-state index < -0.39 is 5.41 Å². The number of hydrogen-bond donors (Lipinski definition) is 2. The molecule has 1 aromatic carbocycles. The number of benzene rings is 1. The van der Waals surface area contributed by atoms with Gasteiger partial charge in [-0.1, -0.05) is 49.6 Å². The molecular weight excluding hydrogens is 288 g/mol. The highest BCUT2D eigenvalue weighted by Gasteiger charge is 2.56. The summed E-state index contributed by atoms with van der Waals surface area (Å²) in [5, 5.41) is 6.13. The second-order valence-corrected chi connectivity index (χ2v) is 7.00. The monoisotopic (exact) mass is 314 g/mol. The van der Waals surface area contributed by atoms with Crippen molar-refractivity contribution < 1.29 is 9.59 Å². The van der Waals surface area contributed by atoms with Gasteiger partial charge in [0.2, 0.25) is 11.8 Å². The van der Waals surface area contributed by atoms with Gasteiger partial charge in [0.15, 0.2) is 0 Å². The van der Waals surface area contributed by atoms with E-state index in [0.717, 1.165) is 18.4 Å². The van der Waals surface area contributed by atoms with E-state index in [4.69, 9.17) is 0 Å². The maximum Gasteiger partial charge on any atom is 0.236 e. The lowest BCUT2D eigenvalue weighted by molar-refractivity contribution is -0.138. The van der Waals surface area contributed by atoms with Crippen molar-refractivity contribution in [1.82, 2.24) is 10.6 Å². The third-order valence-electron chi connectivity index (χ3n) is 5.21. The maximum absolute atomic E-state index is 12.6. The van der Waals surface area contributed by atoms with Crippen molar-refractivity contribution in [3.05, 3.63) is 35.9 Å². The molecule has 1 aromatic rings. The minimum Gasteiger partial charge on any atom is -0.352 e. The van der Waals surface area contributed by atoms with Crippen LogP contribution in [0.5, 0.6) is 0 Å². The van der Waals surface area contributed by atoms with Gasteiger partial charge in [-0.15, -0.1) is 0 Å². The van der Waals surface area contributed by atoms with Crippen LogP contribution in [0.25, 0.3) is 0 Å². The number of nitrogens with one attached hydrogen (secondary N) is 2. The Labute approximate surface area is 138 Å². The van der Waals surface area contributed by atoms with E-state index in [-0.39, 0.29) is 23.9 Å². The van der Waals surface area contributed by atoms with Gasteiger partial charge in [0.1, 0.15) is 5.41 Å². The van der Waals surface area contributed by atoms with E-state index in [1.807, 2.05) is 37.3 Å². The summed E-state index contributed by atoms with van der Waals surface area (Å²) in [6, 6.07) is 10.0. The highest BCUT2D eigenvalue weighted by Crippen LogP contribution is 2.46. The Kier molecular flexibility index (Phi) is 4.69. The van der Waals surface area contributed by atoms with Crippen molar-refractivity contribution in [2.45, 2.75) is 64.0 Å². The van der Waals surface area contributed by atoms with E-state index in [2.05, 4.69) is 10.6 Å². The summed E-state index contributed by atoms with van der Waals surface area (Å²) in [5.74, 6) is -0.190. The van der Waals surface area contributed by atoms with Gasteiger partial charge in [0.05, 0.1) is 6.04 Å². The SMILES string of the molecule is CC(NC(=O)C1(C(=O)NC2CCCCC2)CC1)c1ccccc1. The summed E-state index contributed by atoms with van der Waals surface area (Å²) in [6.45, 7) is 1.96. The van der Waals surface area contributed by atoms with Gasteiger partial charge in [-0.3, -0.25) is 9.59 Å². The molecule has 0 spiro atoms. The van der Waals surface area contributed by atoms with Crippen LogP contribution in [0, 0.1) is 5.41 Å². The molecular formula is C19H26N2O2. The second-order valence-electron chi connectivity index (χ2n) is 7.00. The molecule has 0 aromatic heterocycles. The molecule has 2 aliphatic carbocycles. The zero-order chi connectivity index (χ0) is 16.3. The van der Waals surface area contributed by atoms with Crippen molar-refractivity contribution >= 4 is 11.8 Å². The van der Waals surface area contributed by atoms with Gasteiger partial charge in [0.25, 0.3) is 0 Å². The molecule has 2 amide bonds. The quantitative estimate of drug-likeness (QED) is 0.821. The van der Waals surface area contributed by atoms with E-state index in [1.165, 1.54) is 19.3 Å². The molecule has 0 heterocycles. The molecule has 3 rings (SSSR count). The average Bonchev–Trinajstić information content (AvgIpc) is 3.38. The molecule has 0 bridgehead atoms. The third-order valence-corrected chi connectivity index (χ3v) is 5.21. The van der Waals surface area contributed by atoms with Crippen LogP contribution in [0.15, 0.2) is 30.3 Å². The third kappa shape index (κ3) is 3.57. The number of rotatable bonds is 5. The molecule has 2 fully saturated rings. The van der Waals surface area contributed by atoms with Crippen LogP contribution >= 0.6 is 0 Å². The predicted octanol–water partition coefficient (Wildman–Crippen LogP) is 3.09. The molecule has 0 saturated heterocycles. The minimum absolute atomic E-state index is 0.0674.